The zero-order valence-electron chi connectivity index (χ0n) is 14.7. The third-order valence-corrected chi connectivity index (χ3v) is 5.50. The van der Waals surface area contributed by atoms with Crippen LogP contribution in [0.15, 0.2) is 6.20 Å². The van der Waals surface area contributed by atoms with Crippen LogP contribution >= 0.6 is 0 Å². The highest BCUT2D eigenvalue weighted by Gasteiger charge is 2.40. The van der Waals surface area contributed by atoms with Gasteiger partial charge in [-0.15, -0.1) is 0 Å². The summed E-state index contributed by atoms with van der Waals surface area (Å²) in [6, 6.07) is 0. The second kappa shape index (κ2) is 6.54. The van der Waals surface area contributed by atoms with Crippen molar-refractivity contribution in [3.63, 3.8) is 0 Å². The Kier molecular flexibility index (Phi) is 4.21. The summed E-state index contributed by atoms with van der Waals surface area (Å²) in [5.74, 6) is -1.23. The summed E-state index contributed by atoms with van der Waals surface area (Å²) < 4.78 is 1.69. The number of aromatic nitrogens is 5. The Labute approximate surface area is 150 Å². The number of carbonyl (C=O) groups is 2. The van der Waals surface area contributed by atoms with Gasteiger partial charge in [0.25, 0.3) is 5.91 Å². The van der Waals surface area contributed by atoms with Gasteiger partial charge in [0.1, 0.15) is 5.69 Å². The number of rotatable bonds is 4. The number of amides is 1. The maximum Gasteiger partial charge on any atom is 0.303 e. The van der Waals surface area contributed by atoms with Crippen molar-refractivity contribution in [1.82, 2.24) is 30.1 Å². The van der Waals surface area contributed by atoms with Crippen LogP contribution in [0.25, 0.3) is 0 Å². The Morgan fingerprint density at radius 3 is 2.85 bits per heavy atom. The van der Waals surface area contributed by atoms with E-state index in [1.54, 1.807) is 15.8 Å². The van der Waals surface area contributed by atoms with Gasteiger partial charge in [0.05, 0.1) is 24.0 Å². The van der Waals surface area contributed by atoms with Crippen LogP contribution in [0.4, 0.5) is 0 Å². The van der Waals surface area contributed by atoms with Crippen molar-refractivity contribution in [3.05, 3.63) is 28.8 Å². The van der Waals surface area contributed by atoms with Crippen molar-refractivity contribution < 1.29 is 14.7 Å². The SMILES string of the molecule is Cn1nc2c(c1C(=O)N1C[C@@H](CC(=O)O)[C@@H](c3cn[nH]n3)C1)CCCC2. The quantitative estimate of drug-likeness (QED) is 0.833. The van der Waals surface area contributed by atoms with E-state index in [2.05, 4.69) is 20.5 Å². The summed E-state index contributed by atoms with van der Waals surface area (Å²) in [7, 11) is 1.81. The number of carboxylic acids is 1. The van der Waals surface area contributed by atoms with Gasteiger partial charge >= 0.3 is 5.97 Å². The second-order valence-electron chi connectivity index (χ2n) is 7.17. The first-order valence-corrected chi connectivity index (χ1v) is 8.96. The summed E-state index contributed by atoms with van der Waals surface area (Å²) in [5.41, 5.74) is 3.44. The molecule has 9 nitrogen and oxygen atoms in total. The van der Waals surface area contributed by atoms with E-state index in [0.29, 0.717) is 24.5 Å². The summed E-state index contributed by atoms with van der Waals surface area (Å²) in [6.45, 7) is 0.853. The molecule has 0 saturated carbocycles. The third-order valence-electron chi connectivity index (χ3n) is 5.50. The van der Waals surface area contributed by atoms with Crippen molar-refractivity contribution >= 4 is 11.9 Å². The first-order chi connectivity index (χ1) is 12.5. The number of carbonyl (C=O) groups excluding carboxylic acids is 1. The minimum Gasteiger partial charge on any atom is -0.481 e. The Bertz CT molecular complexity index is 828. The largest absolute Gasteiger partial charge is 0.481 e. The molecule has 138 valence electrons. The molecule has 26 heavy (non-hydrogen) atoms. The van der Waals surface area contributed by atoms with Gasteiger partial charge in [-0.25, -0.2) is 0 Å². The maximum atomic E-state index is 13.2. The average Bonchev–Trinajstić information content (AvgIpc) is 3.30. The molecule has 2 aromatic heterocycles. The third kappa shape index (κ3) is 2.87. The predicted molar refractivity (Wildman–Crippen MR) is 90.6 cm³/mol. The van der Waals surface area contributed by atoms with Crippen LogP contribution in [0, 0.1) is 5.92 Å². The van der Waals surface area contributed by atoms with Crippen LogP contribution in [-0.4, -0.2) is 60.2 Å². The monoisotopic (exact) mass is 358 g/mol. The van der Waals surface area contributed by atoms with Crippen molar-refractivity contribution in [1.29, 1.82) is 0 Å². The Morgan fingerprint density at radius 1 is 1.31 bits per heavy atom. The zero-order chi connectivity index (χ0) is 18.3. The number of hydrogen-bond donors (Lipinski definition) is 2. The number of carboxylic acid groups (broad SMARTS) is 1. The molecule has 9 heteroatoms. The zero-order valence-corrected chi connectivity index (χ0v) is 14.7. The molecule has 0 radical (unpaired) electrons. The fraction of sp³-hybridized carbons (Fsp3) is 0.588. The van der Waals surface area contributed by atoms with Crippen molar-refractivity contribution in [2.45, 2.75) is 38.0 Å². The first kappa shape index (κ1) is 16.7. The van der Waals surface area contributed by atoms with Gasteiger partial charge in [0.15, 0.2) is 0 Å². The van der Waals surface area contributed by atoms with Crippen LogP contribution in [0.2, 0.25) is 0 Å². The summed E-state index contributed by atoms with van der Waals surface area (Å²) in [6.07, 6.45) is 5.59. The highest BCUT2D eigenvalue weighted by molar-refractivity contribution is 5.94. The van der Waals surface area contributed by atoms with Crippen LogP contribution < -0.4 is 0 Å². The molecule has 3 heterocycles. The van der Waals surface area contributed by atoms with E-state index in [0.717, 1.165) is 36.9 Å². The average molecular weight is 358 g/mol. The van der Waals surface area contributed by atoms with Crippen molar-refractivity contribution in [3.8, 4) is 0 Å². The number of aliphatic carboxylic acids is 1. The van der Waals surface area contributed by atoms with Crippen LogP contribution in [0.1, 0.15) is 52.6 Å². The molecule has 1 aliphatic heterocycles. The van der Waals surface area contributed by atoms with Gasteiger partial charge in [0, 0.05) is 31.6 Å². The highest BCUT2D eigenvalue weighted by Crippen LogP contribution is 2.35. The van der Waals surface area contributed by atoms with Gasteiger partial charge in [0.2, 0.25) is 0 Å². The molecule has 0 aromatic carbocycles. The molecule has 4 rings (SSSR count). The Balaban J connectivity index is 1.61. The van der Waals surface area contributed by atoms with E-state index in [-0.39, 0.29) is 24.2 Å². The summed E-state index contributed by atoms with van der Waals surface area (Å²) in [5, 5.41) is 24.3. The normalized spacial score (nSPS) is 22.4. The van der Waals surface area contributed by atoms with Gasteiger partial charge in [-0.2, -0.15) is 20.5 Å². The van der Waals surface area contributed by atoms with E-state index in [1.807, 2.05) is 7.05 Å². The predicted octanol–water partition coefficient (Wildman–Crippen LogP) is 0.747. The van der Waals surface area contributed by atoms with Crippen molar-refractivity contribution in [2.75, 3.05) is 13.1 Å². The summed E-state index contributed by atoms with van der Waals surface area (Å²) in [4.78, 5) is 26.2. The van der Waals surface area contributed by atoms with Gasteiger partial charge < -0.3 is 10.0 Å². The molecule has 1 aliphatic carbocycles. The van der Waals surface area contributed by atoms with Crippen LogP contribution in [-0.2, 0) is 24.7 Å². The molecule has 2 aliphatic rings. The number of aromatic amines is 1. The first-order valence-electron chi connectivity index (χ1n) is 8.96. The highest BCUT2D eigenvalue weighted by atomic mass is 16.4. The molecule has 1 amide bonds. The Morgan fingerprint density at radius 2 is 2.12 bits per heavy atom. The Hall–Kier alpha value is -2.71. The van der Waals surface area contributed by atoms with Crippen LogP contribution in [0.5, 0.6) is 0 Å². The number of aryl methyl sites for hydroxylation is 2. The van der Waals surface area contributed by atoms with Gasteiger partial charge in [-0.05, 0) is 31.6 Å². The lowest BCUT2D eigenvalue weighted by atomic mass is 9.91. The lowest BCUT2D eigenvalue weighted by molar-refractivity contribution is -0.138. The van der Waals surface area contributed by atoms with Crippen molar-refractivity contribution in [2.24, 2.45) is 13.0 Å². The molecule has 0 unspecified atom stereocenters. The lowest BCUT2D eigenvalue weighted by Gasteiger charge is -2.18. The number of fused-ring (bicyclic) bond motifs is 1. The molecule has 2 N–H and O–H groups in total. The second-order valence-corrected chi connectivity index (χ2v) is 7.17. The fourth-order valence-corrected chi connectivity index (χ4v) is 4.29. The number of nitrogens with one attached hydrogen (secondary N) is 1. The van der Waals surface area contributed by atoms with E-state index < -0.39 is 5.97 Å². The minimum atomic E-state index is -0.865. The number of likely N-dealkylation sites (tertiary alicyclic amines) is 1. The lowest BCUT2D eigenvalue weighted by Crippen LogP contribution is -2.31. The van der Waals surface area contributed by atoms with Gasteiger partial charge in [-0.3, -0.25) is 14.3 Å². The molecule has 0 spiro atoms. The molecule has 2 atom stereocenters. The number of nitrogens with zero attached hydrogens (tertiary/aromatic N) is 5. The number of hydrogen-bond acceptors (Lipinski definition) is 5. The number of H-pyrrole nitrogens is 1. The molecule has 1 fully saturated rings. The van der Waals surface area contributed by atoms with E-state index >= 15 is 0 Å². The molecular weight excluding hydrogens is 336 g/mol. The molecule has 1 saturated heterocycles. The topological polar surface area (TPSA) is 117 Å². The minimum absolute atomic E-state index is 0.00476. The van der Waals surface area contributed by atoms with E-state index in [1.165, 1.54) is 0 Å². The van der Waals surface area contributed by atoms with Crippen LogP contribution in [0.3, 0.4) is 0 Å². The van der Waals surface area contributed by atoms with E-state index in [9.17, 15) is 14.7 Å². The molecular formula is C17H22N6O3. The summed E-state index contributed by atoms with van der Waals surface area (Å²) >= 11 is 0. The smallest absolute Gasteiger partial charge is 0.303 e. The standard InChI is InChI=1S/C17H22N6O3/c1-22-16(11-4-2-3-5-13(11)20-22)17(26)23-8-10(6-15(24)25)12(9-23)14-7-18-21-19-14/h7,10,12H,2-6,8-9H2,1H3,(H,24,25)(H,18,19,21)/t10-,12+/m1/s1. The van der Waals surface area contributed by atoms with E-state index in [4.69, 9.17) is 0 Å². The molecule has 2 aromatic rings. The fourth-order valence-electron chi connectivity index (χ4n) is 4.29. The maximum absolute atomic E-state index is 13.2. The molecule has 0 bridgehead atoms. The van der Waals surface area contributed by atoms with Gasteiger partial charge in [-0.1, -0.05) is 0 Å².